The molecule has 0 amide bonds. The van der Waals surface area contributed by atoms with Gasteiger partial charge in [0.1, 0.15) is 5.54 Å². The lowest BCUT2D eigenvalue weighted by Crippen LogP contribution is -2.47. The summed E-state index contributed by atoms with van der Waals surface area (Å²) in [5.74, 6) is 0. The van der Waals surface area contributed by atoms with E-state index < -0.39 is 5.54 Å². The average molecular weight is 290 g/mol. The van der Waals surface area contributed by atoms with Crippen molar-refractivity contribution < 1.29 is 0 Å². The summed E-state index contributed by atoms with van der Waals surface area (Å²) in [6.07, 6.45) is 3.69. The molecule has 4 heteroatoms. The molecule has 0 fully saturated rings. The SMILES string of the molecule is CCc1c(C)nn(CCCC(C#N)(CC)NC(C)C)c1C. The first kappa shape index (κ1) is 17.7. The molecule has 0 aliphatic carbocycles. The zero-order valence-corrected chi connectivity index (χ0v) is 14.5. The van der Waals surface area contributed by atoms with Crippen LogP contribution in [0.5, 0.6) is 0 Å². The van der Waals surface area contributed by atoms with E-state index in [1.165, 1.54) is 11.3 Å². The van der Waals surface area contributed by atoms with Gasteiger partial charge < -0.3 is 0 Å². The van der Waals surface area contributed by atoms with Gasteiger partial charge in [-0.05, 0) is 58.9 Å². The number of nitriles is 1. The van der Waals surface area contributed by atoms with Crippen LogP contribution in [0.4, 0.5) is 0 Å². The highest BCUT2D eigenvalue weighted by molar-refractivity contribution is 5.24. The quantitative estimate of drug-likeness (QED) is 0.797. The minimum Gasteiger partial charge on any atom is -0.297 e. The van der Waals surface area contributed by atoms with Crippen LogP contribution in [-0.4, -0.2) is 21.4 Å². The predicted molar refractivity (Wildman–Crippen MR) is 87.2 cm³/mol. The lowest BCUT2D eigenvalue weighted by Gasteiger charge is -2.29. The van der Waals surface area contributed by atoms with Crippen molar-refractivity contribution in [3.8, 4) is 6.07 Å². The minimum atomic E-state index is -0.405. The van der Waals surface area contributed by atoms with Gasteiger partial charge in [0.05, 0.1) is 11.8 Å². The highest BCUT2D eigenvalue weighted by Crippen LogP contribution is 2.20. The van der Waals surface area contributed by atoms with E-state index in [0.717, 1.165) is 37.9 Å². The molecule has 118 valence electrons. The number of aromatic nitrogens is 2. The Labute approximate surface area is 129 Å². The molecule has 1 aromatic rings. The van der Waals surface area contributed by atoms with E-state index >= 15 is 0 Å². The van der Waals surface area contributed by atoms with Gasteiger partial charge >= 0.3 is 0 Å². The van der Waals surface area contributed by atoms with Crippen molar-refractivity contribution in [3.05, 3.63) is 17.0 Å². The van der Waals surface area contributed by atoms with Gasteiger partial charge in [0.2, 0.25) is 0 Å². The van der Waals surface area contributed by atoms with E-state index in [0.29, 0.717) is 6.04 Å². The lowest BCUT2D eigenvalue weighted by molar-refractivity contribution is 0.326. The fourth-order valence-corrected chi connectivity index (χ4v) is 3.06. The first-order valence-corrected chi connectivity index (χ1v) is 8.11. The van der Waals surface area contributed by atoms with Crippen molar-refractivity contribution in [2.45, 2.75) is 85.4 Å². The van der Waals surface area contributed by atoms with E-state index in [1.54, 1.807) is 0 Å². The largest absolute Gasteiger partial charge is 0.297 e. The second-order valence-corrected chi connectivity index (χ2v) is 6.18. The summed E-state index contributed by atoms with van der Waals surface area (Å²) >= 11 is 0. The first-order valence-electron chi connectivity index (χ1n) is 8.11. The molecule has 0 aliphatic rings. The zero-order chi connectivity index (χ0) is 16.0. The summed E-state index contributed by atoms with van der Waals surface area (Å²) in [4.78, 5) is 0. The summed E-state index contributed by atoms with van der Waals surface area (Å²) in [6.45, 7) is 13.5. The number of nitrogens with zero attached hydrogens (tertiary/aromatic N) is 3. The van der Waals surface area contributed by atoms with Crippen LogP contribution >= 0.6 is 0 Å². The van der Waals surface area contributed by atoms with Crippen LogP contribution in [0.3, 0.4) is 0 Å². The van der Waals surface area contributed by atoms with E-state index in [1.807, 2.05) is 0 Å². The number of hydrogen-bond donors (Lipinski definition) is 1. The van der Waals surface area contributed by atoms with Gasteiger partial charge in [-0.15, -0.1) is 0 Å². The summed E-state index contributed by atoms with van der Waals surface area (Å²) in [5.41, 5.74) is 3.36. The van der Waals surface area contributed by atoms with Crippen molar-refractivity contribution in [1.82, 2.24) is 15.1 Å². The number of nitrogens with one attached hydrogen (secondary N) is 1. The average Bonchev–Trinajstić information content (AvgIpc) is 2.71. The molecule has 1 unspecified atom stereocenters. The van der Waals surface area contributed by atoms with Gasteiger partial charge in [0.15, 0.2) is 0 Å². The smallest absolute Gasteiger partial charge is 0.106 e. The van der Waals surface area contributed by atoms with Crippen LogP contribution in [0.25, 0.3) is 0 Å². The Hall–Kier alpha value is -1.34. The normalized spacial score (nSPS) is 14.2. The molecule has 0 bridgehead atoms. The van der Waals surface area contributed by atoms with Crippen LogP contribution in [0.15, 0.2) is 0 Å². The molecule has 0 spiro atoms. The Morgan fingerprint density at radius 2 is 2.00 bits per heavy atom. The molecule has 1 aromatic heterocycles. The first-order chi connectivity index (χ1) is 9.89. The molecule has 0 aromatic carbocycles. The van der Waals surface area contributed by atoms with E-state index in [-0.39, 0.29) is 0 Å². The minimum absolute atomic E-state index is 0.324. The Balaban J connectivity index is 2.69. The summed E-state index contributed by atoms with van der Waals surface area (Å²) < 4.78 is 2.10. The van der Waals surface area contributed by atoms with Gasteiger partial charge in [-0.2, -0.15) is 10.4 Å². The maximum absolute atomic E-state index is 9.53. The second-order valence-electron chi connectivity index (χ2n) is 6.18. The Morgan fingerprint density at radius 1 is 1.33 bits per heavy atom. The molecule has 4 nitrogen and oxygen atoms in total. The fourth-order valence-electron chi connectivity index (χ4n) is 3.06. The third kappa shape index (κ3) is 4.31. The topological polar surface area (TPSA) is 53.6 Å². The molecule has 21 heavy (non-hydrogen) atoms. The standard InChI is InChI=1S/C17H30N4/c1-7-16-14(5)20-21(15(16)6)11-9-10-17(8-2,12-18)19-13(3)4/h13,19H,7-11H2,1-6H3. The molecular formula is C17H30N4. The number of rotatable bonds is 8. The monoisotopic (exact) mass is 290 g/mol. The van der Waals surface area contributed by atoms with Crippen molar-refractivity contribution in [2.75, 3.05) is 0 Å². The van der Waals surface area contributed by atoms with Gasteiger partial charge in [-0.25, -0.2) is 0 Å². The second kappa shape index (κ2) is 7.61. The van der Waals surface area contributed by atoms with Crippen molar-refractivity contribution in [2.24, 2.45) is 0 Å². The highest BCUT2D eigenvalue weighted by Gasteiger charge is 2.27. The third-order valence-corrected chi connectivity index (χ3v) is 4.24. The van der Waals surface area contributed by atoms with Gasteiger partial charge in [0.25, 0.3) is 0 Å². The fraction of sp³-hybridized carbons (Fsp3) is 0.765. The van der Waals surface area contributed by atoms with Crippen molar-refractivity contribution in [3.63, 3.8) is 0 Å². The van der Waals surface area contributed by atoms with Gasteiger partial charge in [-0.1, -0.05) is 13.8 Å². The Morgan fingerprint density at radius 3 is 2.43 bits per heavy atom. The lowest BCUT2D eigenvalue weighted by atomic mass is 9.91. The van der Waals surface area contributed by atoms with Gasteiger partial charge in [-0.3, -0.25) is 10.00 Å². The molecule has 0 saturated carbocycles. The van der Waals surface area contributed by atoms with Crippen LogP contribution < -0.4 is 5.32 Å². The Bertz CT molecular complexity index is 496. The van der Waals surface area contributed by atoms with Crippen molar-refractivity contribution >= 4 is 0 Å². The summed E-state index contributed by atoms with van der Waals surface area (Å²) in [6, 6.07) is 2.81. The third-order valence-electron chi connectivity index (χ3n) is 4.24. The molecule has 0 aliphatic heterocycles. The number of aryl methyl sites for hydroxylation is 2. The van der Waals surface area contributed by atoms with E-state index in [9.17, 15) is 5.26 Å². The molecule has 0 radical (unpaired) electrons. The summed E-state index contributed by atoms with van der Waals surface area (Å²) in [5, 5.41) is 17.6. The van der Waals surface area contributed by atoms with Crippen LogP contribution in [0.1, 0.15) is 63.9 Å². The highest BCUT2D eigenvalue weighted by atomic mass is 15.3. The molecule has 1 rings (SSSR count). The maximum Gasteiger partial charge on any atom is 0.106 e. The Kier molecular flexibility index (Phi) is 6.42. The molecular weight excluding hydrogens is 260 g/mol. The van der Waals surface area contributed by atoms with Gasteiger partial charge in [0, 0.05) is 18.3 Å². The van der Waals surface area contributed by atoms with E-state index in [4.69, 9.17) is 0 Å². The maximum atomic E-state index is 9.53. The van der Waals surface area contributed by atoms with Crippen LogP contribution in [-0.2, 0) is 13.0 Å². The summed E-state index contributed by atoms with van der Waals surface area (Å²) in [7, 11) is 0. The van der Waals surface area contributed by atoms with E-state index in [2.05, 4.69) is 62.7 Å². The zero-order valence-electron chi connectivity index (χ0n) is 14.5. The predicted octanol–water partition coefficient (Wildman–Crippen LogP) is 3.51. The molecule has 1 atom stereocenters. The van der Waals surface area contributed by atoms with Crippen LogP contribution in [0.2, 0.25) is 0 Å². The number of hydrogen-bond acceptors (Lipinski definition) is 3. The molecule has 0 saturated heterocycles. The molecule has 1 N–H and O–H groups in total. The molecule has 1 heterocycles. The van der Waals surface area contributed by atoms with Crippen LogP contribution in [0, 0.1) is 25.2 Å². The van der Waals surface area contributed by atoms with Crippen molar-refractivity contribution in [1.29, 1.82) is 5.26 Å².